The average molecular weight is 351 g/mol. The molecule has 0 heterocycles. The van der Waals surface area contributed by atoms with Crippen LogP contribution in [0.1, 0.15) is 70.4 Å². The first-order chi connectivity index (χ1) is 12.2. The molecule has 2 heteroatoms. The lowest BCUT2D eigenvalue weighted by molar-refractivity contribution is -0.00606. The SMILES string of the molecule is CC(C)(C)c1cc2cc(C34CC5CC(CC(C5)C3)C4)c(O)cc2cc1O. The largest absolute Gasteiger partial charge is 0.508 e. The summed E-state index contributed by atoms with van der Waals surface area (Å²) in [6, 6.07) is 8.08. The quantitative estimate of drug-likeness (QED) is 0.660. The van der Waals surface area contributed by atoms with Gasteiger partial charge in [0.15, 0.2) is 0 Å². The molecule has 2 nitrogen and oxygen atoms in total. The molecule has 4 bridgehead atoms. The van der Waals surface area contributed by atoms with Crippen LogP contribution in [0.4, 0.5) is 0 Å². The van der Waals surface area contributed by atoms with E-state index in [9.17, 15) is 10.2 Å². The molecule has 0 aromatic heterocycles. The number of rotatable bonds is 1. The van der Waals surface area contributed by atoms with E-state index in [4.69, 9.17) is 0 Å². The first-order valence-corrected chi connectivity index (χ1v) is 10.2. The van der Waals surface area contributed by atoms with Gasteiger partial charge in [0.05, 0.1) is 0 Å². The average Bonchev–Trinajstić information content (AvgIpc) is 2.51. The summed E-state index contributed by atoms with van der Waals surface area (Å²) < 4.78 is 0. The second-order valence-electron chi connectivity index (χ2n) is 10.5. The maximum absolute atomic E-state index is 10.9. The molecule has 6 rings (SSSR count). The topological polar surface area (TPSA) is 40.5 Å². The van der Waals surface area contributed by atoms with Gasteiger partial charge in [0.25, 0.3) is 0 Å². The molecule has 0 radical (unpaired) electrons. The molecule has 2 aromatic carbocycles. The van der Waals surface area contributed by atoms with Crippen molar-refractivity contribution in [3.63, 3.8) is 0 Å². The summed E-state index contributed by atoms with van der Waals surface area (Å²) in [4.78, 5) is 0. The fraction of sp³-hybridized carbons (Fsp3) is 0.583. The minimum Gasteiger partial charge on any atom is -0.508 e. The Morgan fingerprint density at radius 3 is 1.81 bits per heavy atom. The van der Waals surface area contributed by atoms with Gasteiger partial charge in [-0.15, -0.1) is 0 Å². The molecular formula is C24H30O2. The van der Waals surface area contributed by atoms with E-state index in [0.717, 1.165) is 34.1 Å². The second-order valence-corrected chi connectivity index (χ2v) is 10.5. The highest BCUT2D eigenvalue weighted by Crippen LogP contribution is 2.62. The van der Waals surface area contributed by atoms with Crippen molar-refractivity contribution in [2.75, 3.05) is 0 Å². The van der Waals surface area contributed by atoms with Gasteiger partial charge in [0.2, 0.25) is 0 Å². The molecule has 0 atom stereocenters. The zero-order chi connectivity index (χ0) is 18.3. The van der Waals surface area contributed by atoms with Gasteiger partial charge in [0, 0.05) is 5.56 Å². The number of phenolic OH excluding ortho intramolecular Hbond substituents is 2. The van der Waals surface area contributed by atoms with Crippen LogP contribution in [0.5, 0.6) is 11.5 Å². The van der Waals surface area contributed by atoms with Gasteiger partial charge >= 0.3 is 0 Å². The Labute approximate surface area is 156 Å². The number of benzene rings is 2. The van der Waals surface area contributed by atoms with Crippen LogP contribution in [0.2, 0.25) is 0 Å². The van der Waals surface area contributed by atoms with Crippen molar-refractivity contribution in [2.45, 2.75) is 70.1 Å². The van der Waals surface area contributed by atoms with E-state index in [-0.39, 0.29) is 10.8 Å². The molecule has 0 unspecified atom stereocenters. The van der Waals surface area contributed by atoms with Crippen molar-refractivity contribution in [3.05, 3.63) is 35.4 Å². The Morgan fingerprint density at radius 2 is 1.27 bits per heavy atom. The van der Waals surface area contributed by atoms with Crippen LogP contribution in [0.3, 0.4) is 0 Å². The monoisotopic (exact) mass is 350 g/mol. The van der Waals surface area contributed by atoms with Gasteiger partial charge < -0.3 is 10.2 Å². The molecule has 4 aliphatic rings. The maximum atomic E-state index is 10.9. The van der Waals surface area contributed by atoms with Crippen LogP contribution in [0.25, 0.3) is 10.8 Å². The highest BCUT2D eigenvalue weighted by atomic mass is 16.3. The normalized spacial score (nSPS) is 33.1. The molecule has 138 valence electrons. The molecule has 4 fully saturated rings. The van der Waals surface area contributed by atoms with E-state index in [1.165, 1.54) is 44.1 Å². The number of phenols is 2. The summed E-state index contributed by atoms with van der Waals surface area (Å²) in [7, 11) is 0. The molecule has 0 saturated heterocycles. The van der Waals surface area contributed by atoms with Crippen molar-refractivity contribution in [1.29, 1.82) is 0 Å². The summed E-state index contributed by atoms with van der Waals surface area (Å²) in [6.07, 6.45) is 7.99. The van der Waals surface area contributed by atoms with Crippen molar-refractivity contribution < 1.29 is 10.2 Å². The Morgan fingerprint density at radius 1 is 0.769 bits per heavy atom. The van der Waals surface area contributed by atoms with Crippen LogP contribution in [-0.2, 0) is 10.8 Å². The Bertz CT molecular complexity index is 852. The molecule has 0 aliphatic heterocycles. The lowest BCUT2D eigenvalue weighted by Gasteiger charge is -2.57. The van der Waals surface area contributed by atoms with Gasteiger partial charge in [-0.2, -0.15) is 0 Å². The Balaban J connectivity index is 1.67. The van der Waals surface area contributed by atoms with Crippen LogP contribution >= 0.6 is 0 Å². The smallest absolute Gasteiger partial charge is 0.119 e. The Kier molecular flexibility index (Phi) is 3.28. The zero-order valence-electron chi connectivity index (χ0n) is 16.2. The zero-order valence-corrected chi connectivity index (χ0v) is 16.2. The van der Waals surface area contributed by atoms with Crippen LogP contribution in [-0.4, -0.2) is 10.2 Å². The number of hydrogen-bond acceptors (Lipinski definition) is 2. The molecular weight excluding hydrogens is 320 g/mol. The summed E-state index contributed by atoms with van der Waals surface area (Å²) in [6.45, 7) is 6.40. The number of hydrogen-bond donors (Lipinski definition) is 2. The number of fused-ring (bicyclic) bond motifs is 1. The fourth-order valence-electron chi connectivity index (χ4n) is 6.79. The van der Waals surface area contributed by atoms with Gasteiger partial charge in [0.1, 0.15) is 11.5 Å². The van der Waals surface area contributed by atoms with E-state index >= 15 is 0 Å². The van der Waals surface area contributed by atoms with Crippen molar-refractivity contribution in [2.24, 2.45) is 17.8 Å². The van der Waals surface area contributed by atoms with E-state index in [1.807, 2.05) is 12.1 Å². The van der Waals surface area contributed by atoms with E-state index < -0.39 is 0 Å². The van der Waals surface area contributed by atoms with Crippen molar-refractivity contribution in [1.82, 2.24) is 0 Å². The minimum atomic E-state index is -0.100. The van der Waals surface area contributed by atoms with E-state index in [2.05, 4.69) is 32.9 Å². The van der Waals surface area contributed by atoms with Gasteiger partial charge in [-0.3, -0.25) is 0 Å². The number of aromatic hydroxyl groups is 2. The summed E-state index contributed by atoms with van der Waals surface area (Å²) >= 11 is 0. The van der Waals surface area contributed by atoms with Gasteiger partial charge in [-0.05, 0) is 108 Å². The van der Waals surface area contributed by atoms with E-state index in [1.54, 1.807) is 0 Å². The van der Waals surface area contributed by atoms with Gasteiger partial charge in [-0.25, -0.2) is 0 Å². The maximum Gasteiger partial charge on any atom is 0.119 e. The van der Waals surface area contributed by atoms with Crippen LogP contribution in [0, 0.1) is 17.8 Å². The molecule has 2 N–H and O–H groups in total. The van der Waals surface area contributed by atoms with Crippen molar-refractivity contribution >= 4 is 10.8 Å². The minimum absolute atomic E-state index is 0.100. The van der Waals surface area contributed by atoms with E-state index in [0.29, 0.717) is 11.5 Å². The fourth-order valence-corrected chi connectivity index (χ4v) is 6.79. The Hall–Kier alpha value is -1.70. The molecule has 26 heavy (non-hydrogen) atoms. The third-order valence-corrected chi connectivity index (χ3v) is 7.49. The lowest BCUT2D eigenvalue weighted by Crippen LogP contribution is -2.48. The molecule has 0 amide bonds. The first kappa shape index (κ1) is 16.5. The standard InChI is InChI=1S/C24H30O2/c1-23(2,3)19-7-17-8-20(22(26)10-18(17)9-21(19)25)24-11-14-4-15(12-24)6-16(5-14)13-24/h7-10,14-16,25-26H,4-6,11-13H2,1-3H3. The van der Waals surface area contributed by atoms with Gasteiger partial charge in [-0.1, -0.05) is 20.8 Å². The predicted octanol–water partition coefficient (Wildman–Crippen LogP) is 6.02. The van der Waals surface area contributed by atoms with Crippen LogP contribution < -0.4 is 0 Å². The summed E-state index contributed by atoms with van der Waals surface area (Å²) in [5, 5.41) is 23.4. The van der Waals surface area contributed by atoms with Crippen LogP contribution in [0.15, 0.2) is 24.3 Å². The first-order valence-electron chi connectivity index (χ1n) is 10.2. The third kappa shape index (κ3) is 2.37. The highest BCUT2D eigenvalue weighted by Gasteiger charge is 2.52. The molecule has 4 aliphatic carbocycles. The van der Waals surface area contributed by atoms with Crippen molar-refractivity contribution in [3.8, 4) is 11.5 Å². The predicted molar refractivity (Wildman–Crippen MR) is 106 cm³/mol. The highest BCUT2D eigenvalue weighted by molar-refractivity contribution is 5.88. The summed E-state index contributed by atoms with van der Waals surface area (Å²) in [5.41, 5.74) is 2.24. The molecule has 0 spiro atoms. The molecule has 4 saturated carbocycles. The second kappa shape index (κ2) is 5.18. The lowest BCUT2D eigenvalue weighted by atomic mass is 9.48. The third-order valence-electron chi connectivity index (χ3n) is 7.49. The molecule has 2 aromatic rings. The summed E-state index contributed by atoms with van der Waals surface area (Å²) in [5.74, 6) is 3.35.